The first-order chi connectivity index (χ1) is 12.1. The first-order valence-corrected chi connectivity index (χ1v) is 9.42. The van der Waals surface area contributed by atoms with Crippen LogP contribution >= 0.6 is 11.3 Å². The largest absolute Gasteiger partial charge is 0.489 e. The van der Waals surface area contributed by atoms with Crippen LogP contribution < -0.4 is 15.4 Å². The average molecular weight is 359 g/mol. The Morgan fingerprint density at radius 2 is 2.00 bits per heavy atom. The maximum atomic E-state index is 6.16. The van der Waals surface area contributed by atoms with Gasteiger partial charge in [-0.2, -0.15) is 0 Å². The van der Waals surface area contributed by atoms with E-state index in [0.29, 0.717) is 12.5 Å². The molecule has 0 saturated carbocycles. The van der Waals surface area contributed by atoms with Gasteiger partial charge >= 0.3 is 0 Å². The van der Waals surface area contributed by atoms with E-state index in [1.807, 2.05) is 42.8 Å². The molecule has 3 rings (SSSR count). The van der Waals surface area contributed by atoms with Crippen LogP contribution in [-0.2, 0) is 0 Å². The Labute approximate surface area is 152 Å². The van der Waals surface area contributed by atoms with Gasteiger partial charge in [-0.3, -0.25) is 0 Å². The normalized spacial score (nSPS) is 16.8. The van der Waals surface area contributed by atoms with E-state index in [1.165, 1.54) is 5.56 Å². The van der Waals surface area contributed by atoms with E-state index in [4.69, 9.17) is 10.5 Å². The lowest BCUT2D eigenvalue weighted by molar-refractivity contribution is 0.229. The molecule has 0 bridgehead atoms. The second kappa shape index (κ2) is 8.20. The highest BCUT2D eigenvalue weighted by molar-refractivity contribution is 7.13. The average Bonchev–Trinajstić information content (AvgIpc) is 3.16. The zero-order valence-electron chi connectivity index (χ0n) is 14.8. The number of aromatic nitrogens is 1. The minimum absolute atomic E-state index is 0.0159. The monoisotopic (exact) mass is 359 g/mol. The minimum atomic E-state index is -0.0159. The zero-order chi connectivity index (χ0) is 17.6. The molecule has 134 valence electrons. The number of hydrogen-bond donors (Lipinski definition) is 1. The second-order valence-electron chi connectivity index (χ2n) is 6.23. The highest BCUT2D eigenvalue weighted by Crippen LogP contribution is 2.18. The quantitative estimate of drug-likeness (QED) is 0.656. The van der Waals surface area contributed by atoms with Crippen molar-refractivity contribution >= 4 is 22.4 Å². The van der Waals surface area contributed by atoms with Crippen LogP contribution in [0.15, 0.2) is 40.8 Å². The number of thiazole rings is 1. The summed E-state index contributed by atoms with van der Waals surface area (Å²) in [7, 11) is 0. The molecule has 0 amide bonds. The fourth-order valence-corrected chi connectivity index (χ4v) is 3.40. The van der Waals surface area contributed by atoms with Crippen LogP contribution in [0, 0.1) is 6.92 Å². The van der Waals surface area contributed by atoms with Crippen molar-refractivity contribution in [1.82, 2.24) is 9.88 Å². The van der Waals surface area contributed by atoms with Gasteiger partial charge in [-0.25, -0.2) is 9.98 Å². The zero-order valence-corrected chi connectivity index (χ0v) is 15.6. The summed E-state index contributed by atoms with van der Waals surface area (Å²) in [4.78, 5) is 13.3. The van der Waals surface area contributed by atoms with Crippen molar-refractivity contribution in [2.45, 2.75) is 20.0 Å². The molecule has 7 heteroatoms. The fourth-order valence-electron chi connectivity index (χ4n) is 2.71. The Morgan fingerprint density at radius 1 is 1.28 bits per heavy atom. The Bertz CT molecular complexity index is 678. The van der Waals surface area contributed by atoms with Crippen molar-refractivity contribution in [1.29, 1.82) is 0 Å². The molecule has 1 fully saturated rings. The molecule has 2 heterocycles. The maximum absolute atomic E-state index is 6.16. The molecular formula is C18H25N5OS. The van der Waals surface area contributed by atoms with Crippen molar-refractivity contribution in [3.8, 4) is 5.75 Å². The topological polar surface area (TPSA) is 67.0 Å². The SMILES string of the molecule is Cc1ccc(OC(C)CN=C(N)N2CCN(c3nccs3)CC2)cc1. The Balaban J connectivity index is 1.46. The van der Waals surface area contributed by atoms with Gasteiger partial charge in [0.25, 0.3) is 0 Å². The number of benzene rings is 1. The minimum Gasteiger partial charge on any atom is -0.489 e. The maximum Gasteiger partial charge on any atom is 0.191 e. The molecule has 25 heavy (non-hydrogen) atoms. The number of ether oxygens (including phenoxy) is 1. The molecule has 2 aromatic rings. The highest BCUT2D eigenvalue weighted by atomic mass is 32.1. The predicted octanol–water partition coefficient (Wildman–Crippen LogP) is 2.36. The molecule has 1 atom stereocenters. The molecule has 1 saturated heterocycles. The third-order valence-corrected chi connectivity index (χ3v) is 4.99. The smallest absolute Gasteiger partial charge is 0.191 e. The molecule has 6 nitrogen and oxygen atoms in total. The summed E-state index contributed by atoms with van der Waals surface area (Å²) in [6.07, 6.45) is 1.83. The number of guanidine groups is 1. The van der Waals surface area contributed by atoms with Gasteiger partial charge in [0.2, 0.25) is 0 Å². The van der Waals surface area contributed by atoms with Crippen LogP contribution in [0.1, 0.15) is 12.5 Å². The van der Waals surface area contributed by atoms with Crippen LogP contribution in [0.3, 0.4) is 0 Å². The van der Waals surface area contributed by atoms with Crippen LogP contribution in [0.4, 0.5) is 5.13 Å². The molecule has 2 N–H and O–H groups in total. The van der Waals surface area contributed by atoms with E-state index in [1.54, 1.807) is 11.3 Å². The van der Waals surface area contributed by atoms with Crippen molar-refractivity contribution in [2.75, 3.05) is 37.6 Å². The summed E-state index contributed by atoms with van der Waals surface area (Å²) < 4.78 is 5.88. The van der Waals surface area contributed by atoms with Crippen molar-refractivity contribution in [3.63, 3.8) is 0 Å². The third kappa shape index (κ3) is 4.85. The fraction of sp³-hybridized carbons (Fsp3) is 0.444. The molecule has 1 aliphatic rings. The van der Waals surface area contributed by atoms with E-state index in [2.05, 4.69) is 26.7 Å². The van der Waals surface area contributed by atoms with Crippen LogP contribution in [-0.4, -0.2) is 54.7 Å². The van der Waals surface area contributed by atoms with Crippen LogP contribution in [0.25, 0.3) is 0 Å². The van der Waals surface area contributed by atoms with Gasteiger partial charge in [-0.05, 0) is 26.0 Å². The summed E-state index contributed by atoms with van der Waals surface area (Å²) >= 11 is 1.67. The predicted molar refractivity (Wildman–Crippen MR) is 104 cm³/mol. The van der Waals surface area contributed by atoms with E-state index >= 15 is 0 Å². The molecule has 1 aromatic heterocycles. The summed E-state index contributed by atoms with van der Waals surface area (Å²) in [5.41, 5.74) is 7.38. The second-order valence-corrected chi connectivity index (χ2v) is 7.10. The van der Waals surface area contributed by atoms with Gasteiger partial charge in [0.15, 0.2) is 11.1 Å². The number of nitrogens with zero attached hydrogens (tertiary/aromatic N) is 4. The van der Waals surface area contributed by atoms with Gasteiger partial charge in [-0.15, -0.1) is 11.3 Å². The van der Waals surface area contributed by atoms with Crippen molar-refractivity contribution in [2.24, 2.45) is 10.7 Å². The van der Waals surface area contributed by atoms with E-state index < -0.39 is 0 Å². The van der Waals surface area contributed by atoms with Gasteiger partial charge in [-0.1, -0.05) is 17.7 Å². The lowest BCUT2D eigenvalue weighted by atomic mass is 10.2. The van der Waals surface area contributed by atoms with Crippen molar-refractivity contribution < 1.29 is 4.74 Å². The molecule has 1 aliphatic heterocycles. The lowest BCUT2D eigenvalue weighted by Crippen LogP contribution is -2.51. The number of aliphatic imine (C=N–C) groups is 1. The molecule has 1 unspecified atom stereocenters. The Kier molecular flexibility index (Phi) is 5.75. The Morgan fingerprint density at radius 3 is 2.64 bits per heavy atom. The summed E-state index contributed by atoms with van der Waals surface area (Å²) in [6.45, 7) is 8.18. The van der Waals surface area contributed by atoms with Gasteiger partial charge in [0, 0.05) is 37.8 Å². The standard InChI is InChI=1S/C18H25N5OS/c1-14-3-5-16(6-4-14)24-15(2)13-21-17(19)22-8-10-23(11-9-22)18-20-7-12-25-18/h3-7,12,15H,8-11,13H2,1-2H3,(H2,19,21). The molecular weight excluding hydrogens is 334 g/mol. The van der Waals surface area contributed by atoms with Crippen LogP contribution in [0.2, 0.25) is 0 Å². The van der Waals surface area contributed by atoms with Gasteiger partial charge in [0.05, 0.1) is 6.54 Å². The van der Waals surface area contributed by atoms with Crippen molar-refractivity contribution in [3.05, 3.63) is 41.4 Å². The number of aryl methyl sites for hydroxylation is 1. The Hall–Kier alpha value is -2.28. The number of hydrogen-bond acceptors (Lipinski definition) is 5. The van der Waals surface area contributed by atoms with E-state index in [9.17, 15) is 0 Å². The summed E-state index contributed by atoms with van der Waals surface area (Å²) in [6, 6.07) is 8.05. The first-order valence-electron chi connectivity index (χ1n) is 8.54. The van der Waals surface area contributed by atoms with E-state index in [0.717, 1.165) is 37.1 Å². The summed E-state index contributed by atoms with van der Waals surface area (Å²) in [5, 5.41) is 3.09. The first kappa shape index (κ1) is 17.5. The highest BCUT2D eigenvalue weighted by Gasteiger charge is 2.19. The molecule has 1 aromatic carbocycles. The van der Waals surface area contributed by atoms with Crippen LogP contribution in [0.5, 0.6) is 5.75 Å². The number of anilines is 1. The third-order valence-electron chi connectivity index (χ3n) is 4.16. The number of nitrogens with two attached hydrogens (primary N) is 1. The number of rotatable bonds is 5. The lowest BCUT2D eigenvalue weighted by Gasteiger charge is -2.35. The molecule has 0 aliphatic carbocycles. The van der Waals surface area contributed by atoms with E-state index in [-0.39, 0.29) is 6.10 Å². The molecule has 0 radical (unpaired) electrons. The van der Waals surface area contributed by atoms with Gasteiger partial charge < -0.3 is 20.3 Å². The summed E-state index contributed by atoms with van der Waals surface area (Å²) in [5.74, 6) is 1.46. The van der Waals surface area contributed by atoms with Gasteiger partial charge in [0.1, 0.15) is 11.9 Å². The number of piperazine rings is 1. The molecule has 0 spiro atoms.